The van der Waals surface area contributed by atoms with Crippen LogP contribution >= 0.6 is 11.6 Å². The number of sulfonamides is 1. The summed E-state index contributed by atoms with van der Waals surface area (Å²) in [5, 5.41) is 5.83. The molecule has 1 fully saturated rings. The van der Waals surface area contributed by atoms with Gasteiger partial charge >= 0.3 is 6.03 Å². The summed E-state index contributed by atoms with van der Waals surface area (Å²) in [4.78, 5) is 11.9. The third-order valence-corrected chi connectivity index (χ3v) is 6.14. The Hall–Kier alpha value is -2.29. The number of nitrogens with one attached hydrogen (secondary N) is 2. The molecular weight excluding hydrogens is 390 g/mol. The first-order chi connectivity index (χ1) is 12.9. The zero-order chi connectivity index (χ0) is 19.3. The molecule has 0 bridgehead atoms. The van der Waals surface area contributed by atoms with Crippen molar-refractivity contribution < 1.29 is 17.9 Å². The molecule has 2 amide bonds. The molecule has 0 saturated carbocycles. The van der Waals surface area contributed by atoms with Crippen LogP contribution in [0, 0.1) is 0 Å². The van der Waals surface area contributed by atoms with Crippen LogP contribution in [0.2, 0.25) is 5.02 Å². The van der Waals surface area contributed by atoms with Crippen LogP contribution in [0.15, 0.2) is 48.5 Å². The number of hydrogen-bond acceptors (Lipinski definition) is 4. The molecular formula is C18H20ClN3O4S. The van der Waals surface area contributed by atoms with E-state index in [4.69, 9.17) is 16.3 Å². The molecule has 2 aromatic carbocycles. The topological polar surface area (TPSA) is 87.7 Å². The van der Waals surface area contributed by atoms with Crippen LogP contribution in [0.25, 0.3) is 0 Å². The normalized spacial score (nSPS) is 14.3. The van der Waals surface area contributed by atoms with Gasteiger partial charge in [-0.1, -0.05) is 11.6 Å². The number of ether oxygens (including phenoxy) is 1. The standard InChI is InChI=1S/C18H20ClN3O4S/c19-14-2-6-16(7-3-14)26-17-8-4-15(5-9-17)21-18(23)20-10-13-27(24,25)22-11-1-12-22/h2-9H,1,10-13H2,(H2,20,21,23). The monoisotopic (exact) mass is 409 g/mol. The van der Waals surface area contributed by atoms with Gasteiger partial charge in [-0.3, -0.25) is 0 Å². The van der Waals surface area contributed by atoms with E-state index in [0.29, 0.717) is 35.3 Å². The summed E-state index contributed by atoms with van der Waals surface area (Å²) in [5.41, 5.74) is 0.571. The molecule has 0 spiro atoms. The summed E-state index contributed by atoms with van der Waals surface area (Å²) in [7, 11) is -3.26. The van der Waals surface area contributed by atoms with Gasteiger partial charge in [0.25, 0.3) is 0 Å². The number of carbonyl (C=O) groups is 1. The molecule has 1 aliphatic rings. The summed E-state index contributed by atoms with van der Waals surface area (Å²) in [6.07, 6.45) is 0.894. The lowest BCUT2D eigenvalue weighted by molar-refractivity contribution is 0.252. The molecule has 0 radical (unpaired) electrons. The Kier molecular flexibility index (Phi) is 6.20. The minimum Gasteiger partial charge on any atom is -0.457 e. The van der Waals surface area contributed by atoms with Gasteiger partial charge in [0.2, 0.25) is 10.0 Å². The van der Waals surface area contributed by atoms with E-state index in [0.717, 1.165) is 6.42 Å². The van der Waals surface area contributed by atoms with E-state index in [-0.39, 0.29) is 12.3 Å². The van der Waals surface area contributed by atoms with Crippen LogP contribution < -0.4 is 15.4 Å². The number of benzene rings is 2. The first-order valence-corrected chi connectivity index (χ1v) is 10.5. The van der Waals surface area contributed by atoms with Gasteiger partial charge in [0, 0.05) is 30.3 Å². The molecule has 27 heavy (non-hydrogen) atoms. The third-order valence-electron chi connectivity index (χ3n) is 4.02. The molecule has 2 aromatic rings. The van der Waals surface area contributed by atoms with Crippen LogP contribution in [-0.4, -0.2) is 44.1 Å². The van der Waals surface area contributed by atoms with E-state index in [1.807, 2.05) is 0 Å². The van der Waals surface area contributed by atoms with Gasteiger partial charge in [0.1, 0.15) is 11.5 Å². The number of anilines is 1. The average Bonchev–Trinajstić information content (AvgIpc) is 2.56. The summed E-state index contributed by atoms with van der Waals surface area (Å²) >= 11 is 5.83. The highest BCUT2D eigenvalue weighted by Gasteiger charge is 2.27. The van der Waals surface area contributed by atoms with Crippen molar-refractivity contribution in [3.63, 3.8) is 0 Å². The SMILES string of the molecule is O=C(NCCS(=O)(=O)N1CCC1)Nc1ccc(Oc2ccc(Cl)cc2)cc1. The second kappa shape index (κ2) is 8.60. The second-order valence-electron chi connectivity index (χ2n) is 6.03. The highest BCUT2D eigenvalue weighted by molar-refractivity contribution is 7.89. The van der Waals surface area contributed by atoms with Gasteiger partial charge < -0.3 is 15.4 Å². The van der Waals surface area contributed by atoms with Crippen molar-refractivity contribution in [2.45, 2.75) is 6.42 Å². The van der Waals surface area contributed by atoms with Crippen molar-refractivity contribution >= 4 is 33.3 Å². The number of urea groups is 1. The Balaban J connectivity index is 1.44. The van der Waals surface area contributed by atoms with Crippen molar-refractivity contribution in [2.24, 2.45) is 0 Å². The van der Waals surface area contributed by atoms with Gasteiger partial charge in [0.15, 0.2) is 0 Å². The summed E-state index contributed by atoms with van der Waals surface area (Å²) in [5.74, 6) is 1.17. The second-order valence-corrected chi connectivity index (χ2v) is 8.55. The van der Waals surface area contributed by atoms with Crippen LogP contribution in [0.4, 0.5) is 10.5 Å². The smallest absolute Gasteiger partial charge is 0.319 e. The Morgan fingerprint density at radius 3 is 2.19 bits per heavy atom. The molecule has 1 heterocycles. The molecule has 0 atom stereocenters. The number of amides is 2. The van der Waals surface area contributed by atoms with Crippen LogP contribution in [0.1, 0.15) is 6.42 Å². The van der Waals surface area contributed by atoms with Gasteiger partial charge in [-0.25, -0.2) is 17.5 Å². The largest absolute Gasteiger partial charge is 0.457 e. The van der Waals surface area contributed by atoms with Crippen molar-refractivity contribution in [3.8, 4) is 11.5 Å². The molecule has 1 saturated heterocycles. The maximum absolute atomic E-state index is 11.9. The van der Waals surface area contributed by atoms with Crippen LogP contribution in [-0.2, 0) is 10.0 Å². The Labute approximate surface area is 163 Å². The predicted molar refractivity (Wildman–Crippen MR) is 105 cm³/mol. The number of hydrogen-bond donors (Lipinski definition) is 2. The first-order valence-electron chi connectivity index (χ1n) is 8.48. The molecule has 7 nitrogen and oxygen atoms in total. The molecule has 2 N–H and O–H groups in total. The molecule has 0 aromatic heterocycles. The van der Waals surface area contributed by atoms with E-state index < -0.39 is 16.1 Å². The highest BCUT2D eigenvalue weighted by atomic mass is 35.5. The van der Waals surface area contributed by atoms with Crippen molar-refractivity contribution in [1.82, 2.24) is 9.62 Å². The van der Waals surface area contributed by atoms with Crippen molar-refractivity contribution in [3.05, 3.63) is 53.6 Å². The van der Waals surface area contributed by atoms with E-state index in [1.54, 1.807) is 48.5 Å². The fourth-order valence-electron chi connectivity index (χ4n) is 2.41. The molecule has 0 unspecified atom stereocenters. The third kappa shape index (κ3) is 5.59. The van der Waals surface area contributed by atoms with Gasteiger partial charge in [-0.15, -0.1) is 0 Å². The Bertz CT molecular complexity index is 882. The average molecular weight is 410 g/mol. The number of rotatable bonds is 7. The Morgan fingerprint density at radius 1 is 1.04 bits per heavy atom. The van der Waals surface area contributed by atoms with Gasteiger partial charge in [-0.2, -0.15) is 0 Å². The minimum absolute atomic E-state index is 0.0580. The van der Waals surface area contributed by atoms with Crippen molar-refractivity contribution in [2.75, 3.05) is 30.7 Å². The van der Waals surface area contributed by atoms with Crippen molar-refractivity contribution in [1.29, 1.82) is 0 Å². The molecule has 9 heteroatoms. The summed E-state index contributed by atoms with van der Waals surface area (Å²) < 4.78 is 30.9. The fourth-order valence-corrected chi connectivity index (χ4v) is 3.97. The fraction of sp³-hybridized carbons (Fsp3) is 0.278. The summed E-state index contributed by atoms with van der Waals surface area (Å²) in [6.45, 7) is 1.19. The van der Waals surface area contributed by atoms with Crippen LogP contribution in [0.5, 0.6) is 11.5 Å². The highest BCUT2D eigenvalue weighted by Crippen LogP contribution is 2.24. The molecule has 144 valence electrons. The number of carbonyl (C=O) groups excluding carboxylic acids is 1. The zero-order valence-electron chi connectivity index (χ0n) is 14.5. The van der Waals surface area contributed by atoms with E-state index >= 15 is 0 Å². The minimum atomic E-state index is -3.26. The first kappa shape index (κ1) is 19.5. The zero-order valence-corrected chi connectivity index (χ0v) is 16.1. The quantitative estimate of drug-likeness (QED) is 0.734. The Morgan fingerprint density at radius 2 is 1.63 bits per heavy atom. The number of nitrogens with zero attached hydrogens (tertiary/aromatic N) is 1. The van der Waals surface area contributed by atoms with Crippen LogP contribution in [0.3, 0.4) is 0 Å². The van der Waals surface area contributed by atoms with Gasteiger partial charge in [0.05, 0.1) is 5.75 Å². The predicted octanol–water partition coefficient (Wildman–Crippen LogP) is 3.29. The van der Waals surface area contributed by atoms with E-state index in [2.05, 4.69) is 10.6 Å². The molecule has 0 aliphatic carbocycles. The maximum Gasteiger partial charge on any atom is 0.319 e. The molecule has 3 rings (SSSR count). The van der Waals surface area contributed by atoms with Gasteiger partial charge in [-0.05, 0) is 55.0 Å². The van der Waals surface area contributed by atoms with E-state index in [9.17, 15) is 13.2 Å². The lowest BCUT2D eigenvalue weighted by atomic mass is 10.3. The number of halogens is 1. The summed E-state index contributed by atoms with van der Waals surface area (Å²) in [6, 6.07) is 13.4. The lowest BCUT2D eigenvalue weighted by Crippen LogP contribution is -2.45. The maximum atomic E-state index is 11.9. The molecule has 1 aliphatic heterocycles. The lowest BCUT2D eigenvalue weighted by Gasteiger charge is -2.29. The van der Waals surface area contributed by atoms with E-state index in [1.165, 1.54) is 4.31 Å².